The summed E-state index contributed by atoms with van der Waals surface area (Å²) in [5, 5.41) is 3.20. The molecule has 2 heterocycles. The molecule has 2 aromatic rings. The van der Waals surface area contributed by atoms with E-state index in [0.717, 1.165) is 36.0 Å². The molecule has 2 amide bonds. The fourth-order valence-electron chi connectivity index (χ4n) is 4.07. The van der Waals surface area contributed by atoms with Gasteiger partial charge in [0.25, 0.3) is 5.91 Å². The number of likely N-dealkylation sites (tertiary alicyclic amines) is 1. The van der Waals surface area contributed by atoms with E-state index in [-0.39, 0.29) is 17.4 Å². The average Bonchev–Trinajstić information content (AvgIpc) is 3.04. The maximum atomic E-state index is 12.8. The molecule has 2 aliphatic rings. The zero-order valence-electron chi connectivity index (χ0n) is 14.7. The van der Waals surface area contributed by atoms with Crippen LogP contribution in [0, 0.1) is 0 Å². The van der Waals surface area contributed by atoms with Crippen molar-refractivity contribution in [1.29, 1.82) is 0 Å². The van der Waals surface area contributed by atoms with Crippen molar-refractivity contribution >= 4 is 11.8 Å². The molecule has 5 nitrogen and oxygen atoms in total. The summed E-state index contributed by atoms with van der Waals surface area (Å²) in [5.74, 6) is -0.121. The fraction of sp³-hybridized carbons (Fsp3) is 0.333. The summed E-state index contributed by atoms with van der Waals surface area (Å²) in [6, 6.07) is 16.5. The summed E-state index contributed by atoms with van der Waals surface area (Å²) in [4.78, 5) is 27.3. The third-order valence-corrected chi connectivity index (χ3v) is 5.60. The Balaban J connectivity index is 1.50. The zero-order chi connectivity index (χ0) is 18.1. The Bertz CT molecular complexity index is 836. The summed E-state index contributed by atoms with van der Waals surface area (Å²) in [6.07, 6.45) is 2.43. The van der Waals surface area contributed by atoms with Crippen LogP contribution in [0.15, 0.2) is 54.6 Å². The molecule has 26 heavy (non-hydrogen) atoms. The first-order chi connectivity index (χ1) is 12.6. The van der Waals surface area contributed by atoms with Gasteiger partial charge in [-0.3, -0.25) is 9.59 Å². The molecule has 1 saturated heterocycles. The van der Waals surface area contributed by atoms with E-state index in [1.165, 1.54) is 0 Å². The second-order valence-electron chi connectivity index (χ2n) is 7.29. The van der Waals surface area contributed by atoms with Crippen molar-refractivity contribution in [2.24, 2.45) is 5.73 Å². The van der Waals surface area contributed by atoms with Crippen LogP contribution in [-0.4, -0.2) is 35.3 Å². The SMILES string of the molecule is N[C@@H](C(=O)N1CC[C@@]2(CCc3ccccc3C(=O)N2)C1)c1ccccc1. The summed E-state index contributed by atoms with van der Waals surface area (Å²) in [6.45, 7) is 1.14. The van der Waals surface area contributed by atoms with Crippen LogP contribution in [0.3, 0.4) is 0 Å². The molecular formula is C21H23N3O2. The Morgan fingerprint density at radius 1 is 1.08 bits per heavy atom. The van der Waals surface area contributed by atoms with Gasteiger partial charge in [-0.25, -0.2) is 0 Å². The lowest BCUT2D eigenvalue weighted by Crippen LogP contribution is -2.50. The average molecular weight is 349 g/mol. The van der Waals surface area contributed by atoms with Crippen LogP contribution in [0.25, 0.3) is 0 Å². The van der Waals surface area contributed by atoms with Gasteiger partial charge < -0.3 is 16.0 Å². The number of fused-ring (bicyclic) bond motifs is 1. The summed E-state index contributed by atoms with van der Waals surface area (Å²) >= 11 is 0. The lowest BCUT2D eigenvalue weighted by molar-refractivity contribution is -0.131. The Morgan fingerprint density at radius 2 is 1.81 bits per heavy atom. The largest absolute Gasteiger partial charge is 0.345 e. The zero-order valence-corrected chi connectivity index (χ0v) is 14.7. The number of nitrogens with two attached hydrogens (primary N) is 1. The van der Waals surface area contributed by atoms with E-state index in [1.807, 2.05) is 54.6 Å². The molecule has 0 aromatic heterocycles. The number of hydrogen-bond donors (Lipinski definition) is 2. The second kappa shape index (κ2) is 6.57. The third-order valence-electron chi connectivity index (χ3n) is 5.60. The molecule has 2 atom stereocenters. The molecule has 0 aliphatic carbocycles. The van der Waals surface area contributed by atoms with Gasteiger partial charge in [0.05, 0.1) is 5.54 Å². The Labute approximate surface area is 153 Å². The van der Waals surface area contributed by atoms with Gasteiger partial charge in [0.15, 0.2) is 0 Å². The highest BCUT2D eigenvalue weighted by atomic mass is 16.2. The van der Waals surface area contributed by atoms with Crippen molar-refractivity contribution in [3.63, 3.8) is 0 Å². The number of carbonyl (C=O) groups excluding carboxylic acids is 2. The van der Waals surface area contributed by atoms with Crippen LogP contribution in [-0.2, 0) is 11.2 Å². The second-order valence-corrected chi connectivity index (χ2v) is 7.29. The molecule has 2 aliphatic heterocycles. The number of rotatable bonds is 2. The first-order valence-electron chi connectivity index (χ1n) is 9.08. The van der Waals surface area contributed by atoms with E-state index in [1.54, 1.807) is 4.90 Å². The summed E-state index contributed by atoms with van der Waals surface area (Å²) in [7, 11) is 0. The van der Waals surface area contributed by atoms with Gasteiger partial charge in [-0.1, -0.05) is 48.5 Å². The standard InChI is InChI=1S/C21H23N3O2/c22-18(16-7-2-1-3-8-16)20(26)24-13-12-21(14-24)11-10-15-6-4-5-9-17(15)19(25)23-21/h1-9,18H,10-14,22H2,(H,23,25)/t18-,21+/m1/s1. The predicted molar refractivity (Wildman–Crippen MR) is 99.5 cm³/mol. The van der Waals surface area contributed by atoms with E-state index in [0.29, 0.717) is 13.1 Å². The van der Waals surface area contributed by atoms with E-state index in [9.17, 15) is 9.59 Å². The Hall–Kier alpha value is -2.66. The predicted octanol–water partition coefficient (Wildman–Crippen LogP) is 2.03. The van der Waals surface area contributed by atoms with E-state index in [2.05, 4.69) is 5.32 Å². The van der Waals surface area contributed by atoms with Gasteiger partial charge in [-0.2, -0.15) is 0 Å². The topological polar surface area (TPSA) is 75.4 Å². The van der Waals surface area contributed by atoms with Crippen molar-refractivity contribution in [2.45, 2.75) is 30.8 Å². The summed E-state index contributed by atoms with van der Waals surface area (Å²) < 4.78 is 0. The number of nitrogens with zero attached hydrogens (tertiary/aromatic N) is 1. The van der Waals surface area contributed by atoms with Crippen LogP contribution in [0.5, 0.6) is 0 Å². The Kier molecular flexibility index (Phi) is 4.24. The van der Waals surface area contributed by atoms with Crippen LogP contribution in [0.4, 0.5) is 0 Å². The molecule has 3 N–H and O–H groups in total. The molecule has 2 aromatic carbocycles. The fourth-order valence-corrected chi connectivity index (χ4v) is 4.07. The van der Waals surface area contributed by atoms with Gasteiger partial charge in [0.1, 0.15) is 6.04 Å². The molecule has 0 unspecified atom stereocenters. The Morgan fingerprint density at radius 3 is 2.62 bits per heavy atom. The maximum absolute atomic E-state index is 12.8. The third kappa shape index (κ3) is 2.99. The van der Waals surface area contributed by atoms with Crippen molar-refractivity contribution in [2.75, 3.05) is 13.1 Å². The van der Waals surface area contributed by atoms with E-state index >= 15 is 0 Å². The van der Waals surface area contributed by atoms with Gasteiger partial charge >= 0.3 is 0 Å². The molecule has 134 valence electrons. The quantitative estimate of drug-likeness (QED) is 0.871. The van der Waals surface area contributed by atoms with Crippen molar-refractivity contribution in [3.8, 4) is 0 Å². The van der Waals surface area contributed by atoms with Gasteiger partial charge in [-0.05, 0) is 36.5 Å². The van der Waals surface area contributed by atoms with Gasteiger partial charge in [-0.15, -0.1) is 0 Å². The van der Waals surface area contributed by atoms with Crippen LogP contribution in [0.2, 0.25) is 0 Å². The number of aryl methyl sites for hydroxylation is 1. The highest BCUT2D eigenvalue weighted by molar-refractivity contribution is 5.96. The van der Waals surface area contributed by atoms with Crippen LogP contribution in [0.1, 0.15) is 40.4 Å². The van der Waals surface area contributed by atoms with Gasteiger partial charge in [0.2, 0.25) is 5.91 Å². The van der Waals surface area contributed by atoms with Crippen LogP contribution < -0.4 is 11.1 Å². The highest BCUT2D eigenvalue weighted by Crippen LogP contribution is 2.31. The number of carbonyl (C=O) groups is 2. The molecule has 1 spiro atoms. The molecule has 5 heteroatoms. The van der Waals surface area contributed by atoms with Crippen molar-refractivity contribution in [3.05, 3.63) is 71.3 Å². The maximum Gasteiger partial charge on any atom is 0.252 e. The van der Waals surface area contributed by atoms with E-state index < -0.39 is 6.04 Å². The lowest BCUT2D eigenvalue weighted by atomic mass is 9.91. The number of hydrogen-bond acceptors (Lipinski definition) is 3. The van der Waals surface area contributed by atoms with Gasteiger partial charge in [0, 0.05) is 18.7 Å². The van der Waals surface area contributed by atoms with Crippen LogP contribution >= 0.6 is 0 Å². The minimum atomic E-state index is -0.662. The molecule has 0 saturated carbocycles. The smallest absolute Gasteiger partial charge is 0.252 e. The number of nitrogens with one attached hydrogen (secondary N) is 1. The minimum Gasteiger partial charge on any atom is -0.345 e. The minimum absolute atomic E-state index is 0.0419. The first kappa shape index (κ1) is 16.8. The first-order valence-corrected chi connectivity index (χ1v) is 9.08. The molecule has 1 fully saturated rings. The molecular weight excluding hydrogens is 326 g/mol. The highest BCUT2D eigenvalue weighted by Gasteiger charge is 2.43. The monoisotopic (exact) mass is 349 g/mol. The number of benzene rings is 2. The normalized spacial score (nSPS) is 23.3. The van der Waals surface area contributed by atoms with Crippen molar-refractivity contribution in [1.82, 2.24) is 10.2 Å². The molecule has 0 bridgehead atoms. The van der Waals surface area contributed by atoms with E-state index in [4.69, 9.17) is 5.73 Å². The van der Waals surface area contributed by atoms with Crippen molar-refractivity contribution < 1.29 is 9.59 Å². The molecule has 0 radical (unpaired) electrons. The molecule has 4 rings (SSSR count). The summed E-state index contributed by atoms with van der Waals surface area (Å²) in [5.41, 5.74) is 8.46. The number of amides is 2. The lowest BCUT2D eigenvalue weighted by Gasteiger charge is -2.29.